The van der Waals surface area contributed by atoms with Gasteiger partial charge in [-0.2, -0.15) is 0 Å². The molecule has 1 aromatic heterocycles. The second-order valence-corrected chi connectivity index (χ2v) is 4.44. The van der Waals surface area contributed by atoms with Crippen molar-refractivity contribution >= 4 is 17.4 Å². The number of carbonyl (C=O) groups excluding carboxylic acids is 2. The van der Waals surface area contributed by atoms with Crippen LogP contribution in [0.1, 0.15) is 17.3 Å². The average molecular weight is 338 g/mol. The van der Waals surface area contributed by atoms with Gasteiger partial charge in [0.05, 0.1) is 7.05 Å². The molecule has 1 N–H and O–H groups in total. The van der Waals surface area contributed by atoms with Gasteiger partial charge in [-0.25, -0.2) is 9.13 Å². The molecule has 6 heteroatoms. The SMILES string of the molecule is CC(=O)Nc1cccc(C(=O)Cn2cc[n+](C)c2)c1.[Br-]. The molecular formula is C14H16BrN3O2. The van der Waals surface area contributed by atoms with Crippen LogP contribution in [-0.4, -0.2) is 16.3 Å². The Morgan fingerprint density at radius 2 is 2.10 bits per heavy atom. The minimum Gasteiger partial charge on any atom is -1.00 e. The second kappa shape index (κ2) is 7.00. The van der Waals surface area contributed by atoms with Crippen molar-refractivity contribution in [1.82, 2.24) is 4.57 Å². The van der Waals surface area contributed by atoms with Crippen LogP contribution in [0.15, 0.2) is 43.0 Å². The molecule has 0 saturated carbocycles. The van der Waals surface area contributed by atoms with Crippen LogP contribution in [0.4, 0.5) is 5.69 Å². The van der Waals surface area contributed by atoms with E-state index in [1.807, 2.05) is 34.9 Å². The summed E-state index contributed by atoms with van der Waals surface area (Å²) < 4.78 is 3.69. The number of halogens is 1. The van der Waals surface area contributed by atoms with Crippen LogP contribution in [-0.2, 0) is 18.4 Å². The van der Waals surface area contributed by atoms with Crippen molar-refractivity contribution in [3.8, 4) is 0 Å². The minimum absolute atomic E-state index is 0. The summed E-state index contributed by atoms with van der Waals surface area (Å²) in [7, 11) is 1.90. The average Bonchev–Trinajstić information content (AvgIpc) is 2.74. The lowest BCUT2D eigenvalue weighted by Gasteiger charge is -2.04. The molecule has 0 aliphatic heterocycles. The van der Waals surface area contributed by atoms with Crippen molar-refractivity contribution in [2.75, 3.05) is 5.32 Å². The Morgan fingerprint density at radius 1 is 1.35 bits per heavy atom. The van der Waals surface area contributed by atoms with Gasteiger partial charge in [0, 0.05) is 18.2 Å². The maximum absolute atomic E-state index is 12.1. The number of hydrogen-bond acceptors (Lipinski definition) is 2. The Hall–Kier alpha value is -1.95. The van der Waals surface area contributed by atoms with E-state index >= 15 is 0 Å². The summed E-state index contributed by atoms with van der Waals surface area (Å²) in [6.45, 7) is 1.72. The van der Waals surface area contributed by atoms with Gasteiger partial charge in [-0.15, -0.1) is 0 Å². The van der Waals surface area contributed by atoms with Crippen LogP contribution in [0.25, 0.3) is 0 Å². The molecule has 5 nitrogen and oxygen atoms in total. The molecule has 0 unspecified atom stereocenters. The number of aryl methyl sites for hydroxylation is 1. The number of nitrogens with one attached hydrogen (secondary N) is 1. The van der Waals surface area contributed by atoms with E-state index in [-0.39, 0.29) is 35.2 Å². The zero-order valence-electron chi connectivity index (χ0n) is 11.3. The van der Waals surface area contributed by atoms with Crippen LogP contribution in [0.3, 0.4) is 0 Å². The summed E-state index contributed by atoms with van der Waals surface area (Å²) in [5.41, 5.74) is 1.22. The molecule has 0 aliphatic carbocycles. The number of imidazole rings is 1. The molecular weight excluding hydrogens is 322 g/mol. The highest BCUT2D eigenvalue weighted by Crippen LogP contribution is 2.11. The topological polar surface area (TPSA) is 55.0 Å². The largest absolute Gasteiger partial charge is 1.00 e. The molecule has 2 rings (SSSR count). The number of nitrogens with zero attached hydrogens (tertiary/aromatic N) is 2. The monoisotopic (exact) mass is 337 g/mol. The minimum atomic E-state index is -0.151. The fraction of sp³-hybridized carbons (Fsp3) is 0.214. The summed E-state index contributed by atoms with van der Waals surface area (Å²) in [6, 6.07) is 6.95. The van der Waals surface area contributed by atoms with E-state index in [0.717, 1.165) is 0 Å². The number of carbonyl (C=O) groups is 2. The highest BCUT2D eigenvalue weighted by molar-refractivity contribution is 5.98. The third-order valence-electron chi connectivity index (χ3n) is 2.65. The summed E-state index contributed by atoms with van der Waals surface area (Å²) in [5, 5.41) is 2.67. The first-order chi connectivity index (χ1) is 9.04. The molecule has 0 atom stereocenters. The van der Waals surface area contributed by atoms with Gasteiger partial charge in [-0.05, 0) is 12.1 Å². The summed E-state index contributed by atoms with van der Waals surface area (Å²) in [6.07, 6.45) is 5.56. The van der Waals surface area contributed by atoms with Crippen molar-refractivity contribution in [2.45, 2.75) is 13.5 Å². The van der Waals surface area contributed by atoms with Crippen molar-refractivity contribution in [3.05, 3.63) is 48.5 Å². The van der Waals surface area contributed by atoms with E-state index in [0.29, 0.717) is 11.3 Å². The maximum Gasteiger partial charge on any atom is 0.243 e. The first kappa shape index (κ1) is 16.1. The molecule has 0 bridgehead atoms. The standard InChI is InChI=1S/C14H15N3O2.BrH/c1-11(18)15-13-5-3-4-12(8-13)14(19)9-17-7-6-16(2)10-17;/h3-8,10H,9H2,1-2H3;1H. The lowest BCUT2D eigenvalue weighted by molar-refractivity contribution is -0.671. The fourth-order valence-electron chi connectivity index (χ4n) is 1.83. The molecule has 0 radical (unpaired) electrons. The normalized spacial score (nSPS) is 9.70. The van der Waals surface area contributed by atoms with Crippen LogP contribution < -0.4 is 26.9 Å². The highest BCUT2D eigenvalue weighted by Gasteiger charge is 2.11. The Bertz CT molecular complexity index is 622. The van der Waals surface area contributed by atoms with Crippen LogP contribution in [0.5, 0.6) is 0 Å². The Morgan fingerprint density at radius 3 is 2.70 bits per heavy atom. The summed E-state index contributed by atoms with van der Waals surface area (Å²) >= 11 is 0. The summed E-state index contributed by atoms with van der Waals surface area (Å²) in [4.78, 5) is 23.1. The number of anilines is 1. The molecule has 0 aliphatic rings. The van der Waals surface area contributed by atoms with Gasteiger partial charge in [0.15, 0.2) is 6.54 Å². The molecule has 106 valence electrons. The number of ketones is 1. The zero-order valence-corrected chi connectivity index (χ0v) is 12.9. The molecule has 0 spiro atoms. The van der Waals surface area contributed by atoms with E-state index in [4.69, 9.17) is 0 Å². The van der Waals surface area contributed by atoms with Gasteiger partial charge in [-0.3, -0.25) is 9.59 Å². The molecule has 20 heavy (non-hydrogen) atoms. The third kappa shape index (κ3) is 4.31. The Kier molecular flexibility index (Phi) is 5.64. The van der Waals surface area contributed by atoms with Gasteiger partial charge in [0.25, 0.3) is 0 Å². The predicted octanol–water partition coefficient (Wildman–Crippen LogP) is -1.84. The second-order valence-electron chi connectivity index (χ2n) is 4.44. The van der Waals surface area contributed by atoms with E-state index in [1.165, 1.54) is 6.92 Å². The molecule has 0 fully saturated rings. The van der Waals surface area contributed by atoms with Crippen LogP contribution in [0, 0.1) is 0 Å². The quantitative estimate of drug-likeness (QED) is 0.526. The molecule has 0 saturated heterocycles. The Labute approximate surface area is 128 Å². The van der Waals surface area contributed by atoms with E-state index in [2.05, 4.69) is 5.32 Å². The number of hydrogen-bond donors (Lipinski definition) is 1. The van der Waals surface area contributed by atoms with Crippen molar-refractivity contribution in [1.29, 1.82) is 0 Å². The highest BCUT2D eigenvalue weighted by atomic mass is 79.9. The summed E-state index contributed by atoms with van der Waals surface area (Å²) in [5.74, 6) is -0.148. The van der Waals surface area contributed by atoms with E-state index < -0.39 is 0 Å². The molecule has 1 aromatic carbocycles. The number of benzene rings is 1. The lowest BCUT2D eigenvalue weighted by atomic mass is 10.1. The van der Waals surface area contributed by atoms with Crippen LogP contribution in [0.2, 0.25) is 0 Å². The number of aromatic nitrogens is 2. The Balaban J connectivity index is 0.00000200. The lowest BCUT2D eigenvalue weighted by Crippen LogP contribution is -3.00. The predicted molar refractivity (Wildman–Crippen MR) is 70.7 cm³/mol. The molecule has 1 amide bonds. The van der Waals surface area contributed by atoms with Gasteiger partial charge in [0.2, 0.25) is 18.0 Å². The number of amides is 1. The molecule has 2 aromatic rings. The van der Waals surface area contributed by atoms with Crippen LogP contribution >= 0.6 is 0 Å². The molecule has 1 heterocycles. The van der Waals surface area contributed by atoms with Gasteiger partial charge >= 0.3 is 0 Å². The maximum atomic E-state index is 12.1. The first-order valence-electron chi connectivity index (χ1n) is 5.96. The number of rotatable bonds is 4. The smallest absolute Gasteiger partial charge is 0.243 e. The van der Waals surface area contributed by atoms with Gasteiger partial charge in [-0.1, -0.05) is 12.1 Å². The first-order valence-corrected chi connectivity index (χ1v) is 5.96. The van der Waals surface area contributed by atoms with Crippen molar-refractivity contribution in [3.63, 3.8) is 0 Å². The van der Waals surface area contributed by atoms with E-state index in [1.54, 1.807) is 24.3 Å². The third-order valence-corrected chi connectivity index (χ3v) is 2.65. The zero-order chi connectivity index (χ0) is 13.8. The van der Waals surface area contributed by atoms with Gasteiger partial charge in [0.1, 0.15) is 12.4 Å². The van der Waals surface area contributed by atoms with Crippen molar-refractivity contribution < 1.29 is 31.1 Å². The van der Waals surface area contributed by atoms with Crippen molar-refractivity contribution in [2.24, 2.45) is 7.05 Å². The van der Waals surface area contributed by atoms with Gasteiger partial charge < -0.3 is 22.3 Å². The number of Topliss-reactive ketones (excluding diaryl/α,β-unsaturated/α-hetero) is 1. The fourth-order valence-corrected chi connectivity index (χ4v) is 1.83. The van der Waals surface area contributed by atoms with E-state index in [9.17, 15) is 9.59 Å².